The number of benzene rings is 1. The summed E-state index contributed by atoms with van der Waals surface area (Å²) in [5.74, 6) is 0.966. The van der Waals surface area contributed by atoms with Crippen LogP contribution in [-0.2, 0) is 6.54 Å². The van der Waals surface area contributed by atoms with E-state index in [0.717, 1.165) is 43.5 Å². The Labute approximate surface area is 160 Å². The fourth-order valence-electron chi connectivity index (χ4n) is 4.10. The Morgan fingerprint density at radius 1 is 0.962 bits per heavy atom. The third-order valence-electron chi connectivity index (χ3n) is 5.53. The Morgan fingerprint density at radius 2 is 1.77 bits per heavy atom. The zero-order valence-electron chi connectivity index (χ0n) is 15.2. The zero-order valence-corrected chi connectivity index (χ0v) is 16.0. The van der Waals surface area contributed by atoms with Gasteiger partial charge in [0, 0.05) is 45.8 Å². The van der Waals surface area contributed by atoms with Gasteiger partial charge in [-0.3, -0.25) is 14.6 Å². The van der Waals surface area contributed by atoms with Crippen molar-refractivity contribution in [2.45, 2.75) is 13.0 Å². The van der Waals surface area contributed by atoms with Gasteiger partial charge in [-0.2, -0.15) is 0 Å². The van der Waals surface area contributed by atoms with Crippen LogP contribution in [0.4, 0.5) is 0 Å². The van der Waals surface area contributed by atoms with Crippen molar-refractivity contribution in [2.24, 2.45) is 5.92 Å². The molecule has 0 radical (unpaired) electrons. The molecule has 2 fully saturated rings. The predicted octanol–water partition coefficient (Wildman–Crippen LogP) is 3.03. The summed E-state index contributed by atoms with van der Waals surface area (Å²) in [6, 6.07) is 14.7. The molecule has 1 atom stereocenters. The molecular weight excluding hydrogens is 342 g/mol. The van der Waals surface area contributed by atoms with Gasteiger partial charge in [0.1, 0.15) is 0 Å². The first-order chi connectivity index (χ1) is 12.8. The molecule has 1 amide bonds. The third-order valence-corrected chi connectivity index (χ3v) is 6.38. The molecule has 2 saturated heterocycles. The van der Waals surface area contributed by atoms with Crippen LogP contribution in [0.25, 0.3) is 0 Å². The van der Waals surface area contributed by atoms with Crippen molar-refractivity contribution >= 4 is 17.2 Å². The number of hydrogen-bond acceptors (Lipinski definition) is 4. The molecule has 5 heteroatoms. The summed E-state index contributed by atoms with van der Waals surface area (Å²) in [5, 5.41) is 1.98. The maximum absolute atomic E-state index is 12.4. The van der Waals surface area contributed by atoms with Gasteiger partial charge in [-0.25, -0.2) is 0 Å². The molecular formula is C21H27N3OS. The summed E-state index contributed by atoms with van der Waals surface area (Å²) in [5.41, 5.74) is 1.41. The molecule has 2 aromatic rings. The average Bonchev–Trinajstić information content (AvgIpc) is 3.35. The van der Waals surface area contributed by atoms with Gasteiger partial charge in [-0.1, -0.05) is 36.4 Å². The molecule has 1 unspecified atom stereocenters. The molecule has 26 heavy (non-hydrogen) atoms. The van der Waals surface area contributed by atoms with Crippen LogP contribution in [0.5, 0.6) is 0 Å². The van der Waals surface area contributed by atoms with E-state index >= 15 is 0 Å². The predicted molar refractivity (Wildman–Crippen MR) is 106 cm³/mol. The Hall–Kier alpha value is -1.69. The van der Waals surface area contributed by atoms with Gasteiger partial charge in [-0.15, -0.1) is 11.3 Å². The maximum atomic E-state index is 12.4. The number of rotatable bonds is 5. The van der Waals surface area contributed by atoms with Crippen molar-refractivity contribution in [3.05, 3.63) is 58.3 Å². The molecule has 2 aliphatic heterocycles. The Balaban J connectivity index is 1.21. The van der Waals surface area contributed by atoms with Gasteiger partial charge in [0.25, 0.3) is 5.91 Å². The lowest BCUT2D eigenvalue weighted by Gasteiger charge is -2.35. The first-order valence-corrected chi connectivity index (χ1v) is 10.5. The second-order valence-electron chi connectivity index (χ2n) is 7.45. The molecule has 1 aromatic carbocycles. The van der Waals surface area contributed by atoms with Crippen LogP contribution >= 0.6 is 11.3 Å². The van der Waals surface area contributed by atoms with E-state index in [4.69, 9.17) is 0 Å². The SMILES string of the molecule is O=C(c1cccs1)N1CCN(CC2CCN(Cc3ccccc3)C2)CC1. The van der Waals surface area contributed by atoms with Crippen molar-refractivity contribution in [3.8, 4) is 0 Å². The Kier molecular flexibility index (Phi) is 5.68. The number of hydrogen-bond donors (Lipinski definition) is 0. The summed E-state index contributed by atoms with van der Waals surface area (Å²) in [7, 11) is 0. The number of thiophene rings is 1. The minimum atomic E-state index is 0.203. The highest BCUT2D eigenvalue weighted by Gasteiger charge is 2.27. The minimum Gasteiger partial charge on any atom is -0.335 e. The Bertz CT molecular complexity index is 695. The van der Waals surface area contributed by atoms with Crippen LogP contribution in [0, 0.1) is 5.92 Å². The van der Waals surface area contributed by atoms with Crippen molar-refractivity contribution in [2.75, 3.05) is 45.8 Å². The van der Waals surface area contributed by atoms with Crippen LogP contribution in [0.1, 0.15) is 21.7 Å². The van der Waals surface area contributed by atoms with Gasteiger partial charge in [0.15, 0.2) is 0 Å². The maximum Gasteiger partial charge on any atom is 0.264 e. The second kappa shape index (κ2) is 8.33. The van der Waals surface area contributed by atoms with Crippen molar-refractivity contribution in [1.29, 1.82) is 0 Å². The quantitative estimate of drug-likeness (QED) is 0.811. The van der Waals surface area contributed by atoms with E-state index in [-0.39, 0.29) is 5.91 Å². The summed E-state index contributed by atoms with van der Waals surface area (Å²) in [6.07, 6.45) is 1.29. The molecule has 1 aromatic heterocycles. The van der Waals surface area contributed by atoms with Crippen LogP contribution in [-0.4, -0.2) is 66.4 Å². The number of nitrogens with zero attached hydrogens (tertiary/aromatic N) is 3. The number of carbonyl (C=O) groups is 1. The van der Waals surface area contributed by atoms with Crippen LogP contribution in [0.2, 0.25) is 0 Å². The van der Waals surface area contributed by atoms with E-state index in [1.54, 1.807) is 11.3 Å². The molecule has 0 spiro atoms. The molecule has 4 nitrogen and oxygen atoms in total. The van der Waals surface area contributed by atoms with Gasteiger partial charge < -0.3 is 4.90 Å². The number of likely N-dealkylation sites (tertiary alicyclic amines) is 1. The van der Waals surface area contributed by atoms with Gasteiger partial charge in [0.05, 0.1) is 4.88 Å². The summed E-state index contributed by atoms with van der Waals surface area (Å²) in [6.45, 7) is 8.37. The minimum absolute atomic E-state index is 0.203. The van der Waals surface area contributed by atoms with Crippen LogP contribution in [0.3, 0.4) is 0 Å². The lowest BCUT2D eigenvalue weighted by atomic mass is 10.1. The van der Waals surface area contributed by atoms with E-state index in [1.165, 1.54) is 31.6 Å². The normalized spacial score (nSPS) is 22.0. The molecule has 3 heterocycles. The van der Waals surface area contributed by atoms with Crippen molar-refractivity contribution in [3.63, 3.8) is 0 Å². The third kappa shape index (κ3) is 4.34. The van der Waals surface area contributed by atoms with E-state index in [1.807, 2.05) is 22.4 Å². The first-order valence-electron chi connectivity index (χ1n) is 9.59. The summed E-state index contributed by atoms with van der Waals surface area (Å²) >= 11 is 1.54. The molecule has 0 bridgehead atoms. The average molecular weight is 370 g/mol. The topological polar surface area (TPSA) is 26.8 Å². The van der Waals surface area contributed by atoms with Crippen molar-refractivity contribution in [1.82, 2.24) is 14.7 Å². The van der Waals surface area contributed by atoms with Crippen LogP contribution in [0.15, 0.2) is 47.8 Å². The Morgan fingerprint density at radius 3 is 2.50 bits per heavy atom. The summed E-state index contributed by atoms with van der Waals surface area (Å²) < 4.78 is 0. The van der Waals surface area contributed by atoms with Gasteiger partial charge >= 0.3 is 0 Å². The molecule has 0 saturated carbocycles. The smallest absolute Gasteiger partial charge is 0.264 e. The zero-order chi connectivity index (χ0) is 17.8. The number of amides is 1. The second-order valence-corrected chi connectivity index (χ2v) is 8.39. The van der Waals surface area contributed by atoms with E-state index < -0.39 is 0 Å². The highest BCUT2D eigenvalue weighted by Crippen LogP contribution is 2.21. The van der Waals surface area contributed by atoms with Crippen LogP contribution < -0.4 is 0 Å². The van der Waals surface area contributed by atoms with E-state index in [9.17, 15) is 4.79 Å². The number of carbonyl (C=O) groups excluding carboxylic acids is 1. The molecule has 138 valence electrons. The van der Waals surface area contributed by atoms with Crippen molar-refractivity contribution < 1.29 is 4.79 Å². The molecule has 4 rings (SSSR count). The summed E-state index contributed by atoms with van der Waals surface area (Å²) in [4.78, 5) is 20.4. The highest BCUT2D eigenvalue weighted by atomic mass is 32.1. The molecule has 0 aliphatic carbocycles. The largest absolute Gasteiger partial charge is 0.335 e. The fourth-order valence-corrected chi connectivity index (χ4v) is 4.79. The lowest BCUT2D eigenvalue weighted by Crippen LogP contribution is -2.49. The molecule has 2 aliphatic rings. The van der Waals surface area contributed by atoms with E-state index in [2.05, 4.69) is 40.1 Å². The van der Waals surface area contributed by atoms with Gasteiger partial charge in [-0.05, 0) is 35.9 Å². The lowest BCUT2D eigenvalue weighted by molar-refractivity contribution is 0.0623. The van der Waals surface area contributed by atoms with Gasteiger partial charge in [0.2, 0.25) is 0 Å². The first kappa shape index (κ1) is 17.7. The monoisotopic (exact) mass is 369 g/mol. The number of piperazine rings is 1. The fraction of sp³-hybridized carbons (Fsp3) is 0.476. The van der Waals surface area contributed by atoms with E-state index in [0.29, 0.717) is 0 Å². The highest BCUT2D eigenvalue weighted by molar-refractivity contribution is 7.12. The standard InChI is InChI=1S/C21H27N3OS/c25-21(20-7-4-14-26-20)24-12-10-22(11-13-24)16-19-8-9-23(17-19)15-18-5-2-1-3-6-18/h1-7,14,19H,8-13,15-17H2. The molecule has 0 N–H and O–H groups in total.